The summed E-state index contributed by atoms with van der Waals surface area (Å²) in [6, 6.07) is 9.08. The number of para-hydroxylation sites is 1. The molecule has 1 saturated heterocycles. The Bertz CT molecular complexity index is 751. The van der Waals surface area contributed by atoms with Crippen LogP contribution in [0.5, 0.6) is 0 Å². The van der Waals surface area contributed by atoms with Gasteiger partial charge in [0, 0.05) is 33.1 Å². The van der Waals surface area contributed by atoms with E-state index in [1.165, 1.54) is 0 Å². The number of carbonyl (C=O) groups excluding carboxylic acids is 2. The lowest BCUT2D eigenvalue weighted by Crippen LogP contribution is -2.43. The van der Waals surface area contributed by atoms with Crippen LogP contribution < -0.4 is 5.32 Å². The Balaban J connectivity index is 1.78. The third-order valence-corrected chi connectivity index (χ3v) is 4.82. The zero-order valence-electron chi connectivity index (χ0n) is 17.9. The highest BCUT2D eigenvalue weighted by Gasteiger charge is 2.25. The second kappa shape index (κ2) is 10.3. The lowest BCUT2D eigenvalue weighted by atomic mass is 9.97. The predicted octanol–water partition coefficient (Wildman–Crippen LogP) is 3.47. The zero-order valence-corrected chi connectivity index (χ0v) is 17.9. The number of hydrogen-bond donors (Lipinski definition) is 1. The predicted molar refractivity (Wildman–Crippen MR) is 112 cm³/mol. The molecule has 0 spiro atoms. The number of hydrogen-bond acceptors (Lipinski definition) is 5. The van der Waals surface area contributed by atoms with Gasteiger partial charge in [-0.1, -0.05) is 12.1 Å². The summed E-state index contributed by atoms with van der Waals surface area (Å²) in [6.45, 7) is 8.70. The molecule has 1 atom stereocenters. The molecule has 2 rings (SSSR count). The number of nitrogens with zero attached hydrogens (tertiary/aromatic N) is 3. The Morgan fingerprint density at radius 1 is 1.34 bits per heavy atom. The molecule has 7 nitrogen and oxygen atoms in total. The molecule has 0 bridgehead atoms. The maximum atomic E-state index is 12.3. The maximum Gasteiger partial charge on any atom is 0.410 e. The van der Waals surface area contributed by atoms with E-state index in [0.717, 1.165) is 25.9 Å². The van der Waals surface area contributed by atoms with Gasteiger partial charge in [0.05, 0.1) is 11.3 Å². The first-order chi connectivity index (χ1) is 13.7. The molecule has 1 unspecified atom stereocenters. The van der Waals surface area contributed by atoms with Crippen LogP contribution >= 0.6 is 0 Å². The standard InChI is InChI=1S/C22H32N4O3/c1-22(2,3)29-21(28)25(4)15-17-8-7-12-26(16-17)13-11-20(27)24-19-10-6-5-9-18(19)14-23/h5-6,9-10,17H,7-8,11-13,15-16H2,1-4H3,(H,24,27). The summed E-state index contributed by atoms with van der Waals surface area (Å²) in [4.78, 5) is 28.4. The van der Waals surface area contributed by atoms with Crippen molar-refractivity contribution >= 4 is 17.7 Å². The zero-order chi connectivity index (χ0) is 21.4. The van der Waals surface area contributed by atoms with Crippen LogP contribution in [0.4, 0.5) is 10.5 Å². The van der Waals surface area contributed by atoms with E-state index >= 15 is 0 Å². The molecule has 0 aromatic heterocycles. The summed E-state index contributed by atoms with van der Waals surface area (Å²) in [5.74, 6) is 0.268. The number of likely N-dealkylation sites (tertiary alicyclic amines) is 1. The Kier molecular flexibility index (Phi) is 8.03. The van der Waals surface area contributed by atoms with Crippen molar-refractivity contribution in [2.45, 2.75) is 45.6 Å². The van der Waals surface area contributed by atoms with Crippen LogP contribution in [0.2, 0.25) is 0 Å². The van der Waals surface area contributed by atoms with Gasteiger partial charge in [-0.2, -0.15) is 5.26 Å². The molecule has 1 aromatic rings. The quantitative estimate of drug-likeness (QED) is 0.790. The van der Waals surface area contributed by atoms with Gasteiger partial charge < -0.3 is 19.9 Å². The SMILES string of the molecule is CN(CC1CCCN(CCC(=O)Nc2ccccc2C#N)C1)C(=O)OC(C)(C)C. The molecule has 1 N–H and O–H groups in total. The van der Waals surface area contributed by atoms with E-state index in [2.05, 4.69) is 16.3 Å². The van der Waals surface area contributed by atoms with Gasteiger partial charge >= 0.3 is 6.09 Å². The van der Waals surface area contributed by atoms with Gasteiger partial charge in [0.2, 0.25) is 5.91 Å². The van der Waals surface area contributed by atoms with Gasteiger partial charge in [0.15, 0.2) is 0 Å². The first-order valence-electron chi connectivity index (χ1n) is 10.1. The minimum Gasteiger partial charge on any atom is -0.444 e. The topological polar surface area (TPSA) is 85.7 Å². The van der Waals surface area contributed by atoms with Crippen LogP contribution in [0.3, 0.4) is 0 Å². The van der Waals surface area contributed by atoms with E-state index in [4.69, 9.17) is 10.00 Å². The largest absolute Gasteiger partial charge is 0.444 e. The highest BCUT2D eigenvalue weighted by molar-refractivity contribution is 5.92. The van der Waals surface area contributed by atoms with Gasteiger partial charge in [-0.05, 0) is 58.2 Å². The molecule has 1 heterocycles. The van der Waals surface area contributed by atoms with E-state index in [-0.39, 0.29) is 12.0 Å². The fourth-order valence-electron chi connectivity index (χ4n) is 3.47. The van der Waals surface area contributed by atoms with E-state index in [9.17, 15) is 9.59 Å². The molecule has 1 aromatic carbocycles. The van der Waals surface area contributed by atoms with Crippen molar-refractivity contribution < 1.29 is 14.3 Å². The van der Waals surface area contributed by atoms with Crippen LogP contribution in [-0.2, 0) is 9.53 Å². The van der Waals surface area contributed by atoms with E-state index in [1.54, 1.807) is 36.2 Å². The van der Waals surface area contributed by atoms with Gasteiger partial charge in [0.25, 0.3) is 0 Å². The molecule has 1 aliphatic rings. The molecular formula is C22H32N4O3. The number of nitrogens with one attached hydrogen (secondary N) is 1. The molecule has 0 saturated carbocycles. The van der Waals surface area contributed by atoms with Gasteiger partial charge in [-0.25, -0.2) is 4.79 Å². The molecule has 158 valence electrons. The Hall–Kier alpha value is -2.59. The first-order valence-corrected chi connectivity index (χ1v) is 10.1. The summed E-state index contributed by atoms with van der Waals surface area (Å²) in [6.07, 6.45) is 2.18. The van der Waals surface area contributed by atoms with Crippen molar-refractivity contribution in [1.82, 2.24) is 9.80 Å². The number of carbonyl (C=O) groups is 2. The minimum absolute atomic E-state index is 0.0966. The summed E-state index contributed by atoms with van der Waals surface area (Å²) in [5, 5.41) is 11.9. The molecule has 2 amide bonds. The van der Waals surface area contributed by atoms with E-state index in [1.807, 2.05) is 20.8 Å². The van der Waals surface area contributed by atoms with E-state index in [0.29, 0.717) is 36.7 Å². The fourth-order valence-corrected chi connectivity index (χ4v) is 3.47. The van der Waals surface area contributed by atoms with Crippen LogP contribution in [0.1, 0.15) is 45.6 Å². The Morgan fingerprint density at radius 3 is 2.76 bits per heavy atom. The average molecular weight is 401 g/mol. The molecule has 29 heavy (non-hydrogen) atoms. The first kappa shape index (κ1) is 22.7. The lowest BCUT2D eigenvalue weighted by molar-refractivity contribution is -0.116. The summed E-state index contributed by atoms with van der Waals surface area (Å²) in [7, 11) is 1.77. The van der Waals surface area contributed by atoms with Gasteiger partial charge in [-0.3, -0.25) is 4.79 Å². The normalized spacial score (nSPS) is 17.3. The Morgan fingerprint density at radius 2 is 2.07 bits per heavy atom. The number of anilines is 1. The smallest absolute Gasteiger partial charge is 0.410 e. The Labute approximate surface area is 173 Å². The van der Waals surface area contributed by atoms with Crippen molar-refractivity contribution in [1.29, 1.82) is 5.26 Å². The summed E-state index contributed by atoms with van der Waals surface area (Å²) in [5.41, 5.74) is 0.515. The molecule has 7 heteroatoms. The van der Waals surface area contributed by atoms with Gasteiger partial charge in [0.1, 0.15) is 11.7 Å². The molecular weight excluding hydrogens is 368 g/mol. The minimum atomic E-state index is -0.499. The third-order valence-electron chi connectivity index (χ3n) is 4.82. The van der Waals surface area contributed by atoms with E-state index < -0.39 is 5.60 Å². The number of nitriles is 1. The van der Waals surface area contributed by atoms with Gasteiger partial charge in [-0.15, -0.1) is 0 Å². The third kappa shape index (κ3) is 7.74. The van der Waals surface area contributed by atoms with Crippen LogP contribution in [-0.4, -0.2) is 60.6 Å². The highest BCUT2D eigenvalue weighted by atomic mass is 16.6. The summed E-state index contributed by atoms with van der Waals surface area (Å²) >= 11 is 0. The molecule has 0 aliphatic carbocycles. The van der Waals surface area contributed by atoms with Crippen LogP contribution in [0, 0.1) is 17.2 Å². The number of rotatable bonds is 6. The number of piperidine rings is 1. The lowest BCUT2D eigenvalue weighted by Gasteiger charge is -2.35. The second-order valence-electron chi connectivity index (χ2n) is 8.63. The number of amides is 2. The summed E-state index contributed by atoms with van der Waals surface area (Å²) < 4.78 is 5.42. The highest BCUT2D eigenvalue weighted by Crippen LogP contribution is 2.19. The van der Waals surface area contributed by atoms with Crippen molar-refractivity contribution in [3.63, 3.8) is 0 Å². The number of ether oxygens (including phenoxy) is 1. The van der Waals surface area contributed by atoms with Crippen LogP contribution in [0.15, 0.2) is 24.3 Å². The molecule has 1 aliphatic heterocycles. The average Bonchev–Trinajstić information content (AvgIpc) is 2.66. The monoisotopic (exact) mass is 400 g/mol. The van der Waals surface area contributed by atoms with Crippen molar-refractivity contribution in [2.75, 3.05) is 38.5 Å². The molecule has 1 fully saturated rings. The fraction of sp³-hybridized carbons (Fsp3) is 0.591. The maximum absolute atomic E-state index is 12.3. The van der Waals surface area contributed by atoms with Crippen LogP contribution in [0.25, 0.3) is 0 Å². The molecule has 0 radical (unpaired) electrons. The number of benzene rings is 1. The van der Waals surface area contributed by atoms with Crippen molar-refractivity contribution in [3.05, 3.63) is 29.8 Å². The second-order valence-corrected chi connectivity index (χ2v) is 8.63. The van der Waals surface area contributed by atoms with Crippen molar-refractivity contribution in [2.24, 2.45) is 5.92 Å². The van der Waals surface area contributed by atoms with Crippen molar-refractivity contribution in [3.8, 4) is 6.07 Å².